The molecule has 168 valence electrons. The van der Waals surface area contributed by atoms with Gasteiger partial charge in [-0.25, -0.2) is 0 Å². The number of benzene rings is 2. The molecule has 2 atom stereocenters. The maximum absolute atomic E-state index is 13.0. The Balaban J connectivity index is 1.81. The minimum Gasteiger partial charge on any atom is -0.507 e. The van der Waals surface area contributed by atoms with Crippen LogP contribution in [0.1, 0.15) is 43.0 Å². The Morgan fingerprint density at radius 2 is 2.03 bits per heavy atom. The number of hydrogen-bond donors (Lipinski definition) is 2. The highest BCUT2D eigenvalue weighted by atomic mass is 16.5. The van der Waals surface area contributed by atoms with E-state index < -0.39 is 17.7 Å². The van der Waals surface area contributed by atoms with Crippen LogP contribution in [0.2, 0.25) is 0 Å². The highest BCUT2D eigenvalue weighted by Gasteiger charge is 2.45. The van der Waals surface area contributed by atoms with Gasteiger partial charge < -0.3 is 24.6 Å². The van der Waals surface area contributed by atoms with E-state index >= 15 is 0 Å². The van der Waals surface area contributed by atoms with Crippen LogP contribution in [0.4, 0.5) is 0 Å². The van der Waals surface area contributed by atoms with Gasteiger partial charge in [0.15, 0.2) is 0 Å². The first-order valence-corrected chi connectivity index (χ1v) is 10.9. The van der Waals surface area contributed by atoms with Gasteiger partial charge in [0, 0.05) is 18.5 Å². The summed E-state index contributed by atoms with van der Waals surface area (Å²) in [7, 11) is 0. The minimum atomic E-state index is -0.726. The van der Waals surface area contributed by atoms with E-state index in [1.165, 1.54) is 4.90 Å². The van der Waals surface area contributed by atoms with Gasteiger partial charge in [0.05, 0.1) is 18.2 Å². The fourth-order valence-electron chi connectivity index (χ4n) is 4.36. The first-order valence-electron chi connectivity index (χ1n) is 10.9. The summed E-state index contributed by atoms with van der Waals surface area (Å²) in [5.41, 5.74) is 2.16. The van der Waals surface area contributed by atoms with Gasteiger partial charge in [-0.2, -0.15) is 0 Å². The number of likely N-dealkylation sites (tertiary alicyclic amines) is 1. The zero-order valence-electron chi connectivity index (χ0n) is 18.2. The summed E-state index contributed by atoms with van der Waals surface area (Å²) >= 11 is 0. The van der Waals surface area contributed by atoms with Crippen LogP contribution in [-0.2, 0) is 16.0 Å². The molecule has 2 unspecified atom stereocenters. The lowest BCUT2D eigenvalue weighted by atomic mass is 9.94. The SMILES string of the molecule is CCCN1C(=O)C(=O)/C(=C(\O)c2ccc3c(c2)CC(C)O3)C1c1cccc(OCCO)c1. The summed E-state index contributed by atoms with van der Waals surface area (Å²) in [4.78, 5) is 27.4. The van der Waals surface area contributed by atoms with Gasteiger partial charge in [-0.05, 0) is 54.8 Å². The number of nitrogens with zero attached hydrogens (tertiary/aromatic N) is 1. The van der Waals surface area contributed by atoms with Crippen molar-refractivity contribution >= 4 is 17.4 Å². The number of fused-ring (bicyclic) bond motifs is 1. The van der Waals surface area contributed by atoms with Crippen LogP contribution >= 0.6 is 0 Å². The number of rotatable bonds is 7. The predicted octanol–water partition coefficient (Wildman–Crippen LogP) is 3.21. The van der Waals surface area contributed by atoms with E-state index in [4.69, 9.17) is 14.6 Å². The average Bonchev–Trinajstić information content (AvgIpc) is 3.28. The maximum atomic E-state index is 13.0. The third-order valence-electron chi connectivity index (χ3n) is 5.71. The Bertz CT molecular complexity index is 1080. The van der Waals surface area contributed by atoms with Gasteiger partial charge in [0.25, 0.3) is 11.7 Å². The molecule has 2 aromatic carbocycles. The fraction of sp³-hybridized carbons (Fsp3) is 0.360. The number of carbonyl (C=O) groups is 2. The molecule has 2 aliphatic heterocycles. The second-order valence-corrected chi connectivity index (χ2v) is 8.09. The summed E-state index contributed by atoms with van der Waals surface area (Å²) in [5.74, 6) is -0.241. The van der Waals surface area contributed by atoms with Crippen molar-refractivity contribution in [1.29, 1.82) is 0 Å². The highest BCUT2D eigenvalue weighted by Crippen LogP contribution is 2.41. The smallest absolute Gasteiger partial charge is 0.295 e. The van der Waals surface area contributed by atoms with Crippen molar-refractivity contribution in [3.8, 4) is 11.5 Å². The summed E-state index contributed by atoms with van der Waals surface area (Å²) in [6, 6.07) is 11.6. The molecule has 0 bridgehead atoms. The van der Waals surface area contributed by atoms with Gasteiger partial charge in [-0.3, -0.25) is 9.59 Å². The molecular weight excluding hydrogens is 410 g/mol. The third-order valence-corrected chi connectivity index (χ3v) is 5.71. The Kier molecular flexibility index (Phi) is 6.19. The Labute approximate surface area is 186 Å². The average molecular weight is 437 g/mol. The maximum Gasteiger partial charge on any atom is 0.295 e. The number of amides is 1. The lowest BCUT2D eigenvalue weighted by Crippen LogP contribution is -2.30. The zero-order valence-corrected chi connectivity index (χ0v) is 18.2. The van der Waals surface area contributed by atoms with Crippen molar-refractivity contribution in [2.24, 2.45) is 0 Å². The molecule has 0 radical (unpaired) electrons. The van der Waals surface area contributed by atoms with Crippen molar-refractivity contribution in [3.05, 3.63) is 64.7 Å². The largest absolute Gasteiger partial charge is 0.507 e. The van der Waals surface area contributed by atoms with E-state index in [0.29, 0.717) is 36.3 Å². The zero-order chi connectivity index (χ0) is 22.8. The van der Waals surface area contributed by atoms with E-state index in [2.05, 4.69) is 0 Å². The van der Waals surface area contributed by atoms with E-state index in [1.54, 1.807) is 36.4 Å². The van der Waals surface area contributed by atoms with Crippen LogP contribution < -0.4 is 9.47 Å². The minimum absolute atomic E-state index is 0.0548. The number of Topliss-reactive ketones (excluding diaryl/α,β-unsaturated/α-hetero) is 1. The monoisotopic (exact) mass is 437 g/mol. The van der Waals surface area contributed by atoms with Crippen molar-refractivity contribution in [3.63, 3.8) is 0 Å². The Morgan fingerprint density at radius 3 is 2.78 bits per heavy atom. The first-order chi connectivity index (χ1) is 15.4. The Morgan fingerprint density at radius 1 is 1.22 bits per heavy atom. The molecule has 2 N–H and O–H groups in total. The number of hydrogen-bond acceptors (Lipinski definition) is 6. The van der Waals surface area contributed by atoms with Gasteiger partial charge in [-0.1, -0.05) is 19.1 Å². The lowest BCUT2D eigenvalue weighted by molar-refractivity contribution is -0.139. The lowest BCUT2D eigenvalue weighted by Gasteiger charge is -2.25. The van der Waals surface area contributed by atoms with Gasteiger partial charge in [0.1, 0.15) is 30.0 Å². The Hall–Kier alpha value is -3.32. The molecule has 1 fully saturated rings. The number of aliphatic hydroxyl groups excluding tert-OH is 2. The molecule has 7 heteroatoms. The van der Waals surface area contributed by atoms with E-state index in [0.717, 1.165) is 11.3 Å². The van der Waals surface area contributed by atoms with E-state index in [9.17, 15) is 14.7 Å². The second kappa shape index (κ2) is 9.04. The molecule has 2 aromatic rings. The standard InChI is InChI=1S/C25H27NO6/c1-3-9-26-22(16-5-4-6-19(14-16)31-11-10-27)21(24(29)25(26)30)23(28)17-7-8-20-18(13-17)12-15(2)32-20/h4-8,13-15,22,27-28H,3,9-12H2,1-2H3/b23-21-. The van der Waals surface area contributed by atoms with E-state index in [1.807, 2.05) is 19.9 Å². The molecule has 1 amide bonds. The molecule has 1 saturated heterocycles. The number of ether oxygens (including phenoxy) is 2. The van der Waals surface area contributed by atoms with Gasteiger partial charge >= 0.3 is 0 Å². The van der Waals surface area contributed by atoms with Crippen LogP contribution in [0.3, 0.4) is 0 Å². The van der Waals surface area contributed by atoms with Crippen molar-refractivity contribution in [1.82, 2.24) is 4.90 Å². The van der Waals surface area contributed by atoms with Crippen LogP contribution in [0.25, 0.3) is 5.76 Å². The topological polar surface area (TPSA) is 96.3 Å². The molecule has 0 aliphatic carbocycles. The number of aliphatic hydroxyl groups is 2. The summed E-state index contributed by atoms with van der Waals surface area (Å²) < 4.78 is 11.2. The third kappa shape index (κ3) is 3.96. The summed E-state index contributed by atoms with van der Waals surface area (Å²) in [6.45, 7) is 4.29. The molecule has 0 aromatic heterocycles. The molecule has 2 aliphatic rings. The number of ketones is 1. The van der Waals surface area contributed by atoms with Crippen molar-refractivity contribution < 1.29 is 29.3 Å². The normalized spacial score (nSPS) is 21.5. The van der Waals surface area contributed by atoms with Gasteiger partial charge in [0.2, 0.25) is 0 Å². The van der Waals surface area contributed by atoms with Crippen molar-refractivity contribution in [2.75, 3.05) is 19.8 Å². The molecule has 32 heavy (non-hydrogen) atoms. The van der Waals surface area contributed by atoms with Gasteiger partial charge in [-0.15, -0.1) is 0 Å². The van der Waals surface area contributed by atoms with Crippen LogP contribution in [0.15, 0.2) is 48.0 Å². The highest BCUT2D eigenvalue weighted by molar-refractivity contribution is 6.46. The second-order valence-electron chi connectivity index (χ2n) is 8.09. The number of carbonyl (C=O) groups excluding carboxylic acids is 2. The summed E-state index contributed by atoms with van der Waals surface area (Å²) in [6.07, 6.45) is 1.44. The predicted molar refractivity (Wildman–Crippen MR) is 119 cm³/mol. The molecule has 7 nitrogen and oxygen atoms in total. The molecule has 2 heterocycles. The summed E-state index contributed by atoms with van der Waals surface area (Å²) in [5, 5.41) is 20.3. The van der Waals surface area contributed by atoms with Crippen LogP contribution in [-0.4, -0.2) is 52.7 Å². The molecule has 4 rings (SSSR count). The fourth-order valence-corrected chi connectivity index (χ4v) is 4.36. The molecule has 0 saturated carbocycles. The molecule has 0 spiro atoms. The van der Waals surface area contributed by atoms with Crippen LogP contribution in [0, 0.1) is 0 Å². The quantitative estimate of drug-likeness (QED) is 0.392. The van der Waals surface area contributed by atoms with Crippen LogP contribution in [0.5, 0.6) is 11.5 Å². The first kappa shape index (κ1) is 21.9. The van der Waals surface area contributed by atoms with Crippen molar-refractivity contribution in [2.45, 2.75) is 38.8 Å². The van der Waals surface area contributed by atoms with E-state index in [-0.39, 0.29) is 30.6 Å². The molecular formula is C25H27NO6.